The topological polar surface area (TPSA) is 29.5 Å². The third-order valence-electron chi connectivity index (χ3n) is 1.80. The zero-order valence-corrected chi connectivity index (χ0v) is 7.12. The maximum absolute atomic E-state index is 9.22. The Balaban J connectivity index is 2.42. The molecular weight excluding hydrogens is 152 g/mol. The molecule has 0 radical (unpaired) electrons. The van der Waals surface area contributed by atoms with Crippen molar-refractivity contribution >= 4 is 0 Å². The summed E-state index contributed by atoms with van der Waals surface area (Å²) in [6.07, 6.45) is 5.32. The van der Waals surface area contributed by atoms with E-state index in [2.05, 4.69) is 13.2 Å². The molecule has 12 heavy (non-hydrogen) atoms. The number of hydrogen-bond acceptors (Lipinski definition) is 2. The lowest BCUT2D eigenvalue weighted by molar-refractivity contribution is 0.195. The van der Waals surface area contributed by atoms with Crippen molar-refractivity contribution in [3.8, 4) is 0 Å². The molecule has 0 aromatic heterocycles. The summed E-state index contributed by atoms with van der Waals surface area (Å²) >= 11 is 0. The molecule has 0 bridgehead atoms. The average Bonchev–Trinajstić information content (AvgIpc) is 2.88. The number of rotatable bonds is 5. The Morgan fingerprint density at radius 2 is 2.08 bits per heavy atom. The second-order valence-electron chi connectivity index (χ2n) is 2.91. The summed E-state index contributed by atoms with van der Waals surface area (Å²) in [7, 11) is 0. The second-order valence-corrected chi connectivity index (χ2v) is 2.91. The SMILES string of the molecule is C=C/C(O)=C(\C=C)OCC1CC1. The molecule has 2 nitrogen and oxygen atoms in total. The van der Waals surface area contributed by atoms with Gasteiger partial charge in [-0.3, -0.25) is 0 Å². The summed E-state index contributed by atoms with van der Waals surface area (Å²) in [5, 5.41) is 9.22. The van der Waals surface area contributed by atoms with Gasteiger partial charge in [0.05, 0.1) is 6.61 Å². The average molecular weight is 166 g/mol. The van der Waals surface area contributed by atoms with Crippen LogP contribution in [0.25, 0.3) is 0 Å². The van der Waals surface area contributed by atoms with Crippen LogP contribution in [0.4, 0.5) is 0 Å². The third-order valence-corrected chi connectivity index (χ3v) is 1.80. The first kappa shape index (κ1) is 8.91. The first-order valence-electron chi connectivity index (χ1n) is 4.08. The standard InChI is InChI=1S/C10H14O2/c1-3-9(11)10(4-2)12-7-8-5-6-8/h3-4,8,11H,1-2,5-7H2/b10-9-. The molecule has 0 aromatic rings. The first-order chi connectivity index (χ1) is 5.77. The summed E-state index contributed by atoms with van der Waals surface area (Å²) in [4.78, 5) is 0. The highest BCUT2D eigenvalue weighted by Crippen LogP contribution is 2.29. The van der Waals surface area contributed by atoms with Gasteiger partial charge in [-0.25, -0.2) is 0 Å². The lowest BCUT2D eigenvalue weighted by Gasteiger charge is -2.06. The van der Waals surface area contributed by atoms with Crippen molar-refractivity contribution in [3.05, 3.63) is 36.8 Å². The quantitative estimate of drug-likeness (QED) is 0.502. The smallest absolute Gasteiger partial charge is 0.160 e. The molecule has 0 aliphatic heterocycles. The van der Waals surface area contributed by atoms with Crippen LogP contribution >= 0.6 is 0 Å². The Labute approximate surface area is 72.9 Å². The van der Waals surface area contributed by atoms with Gasteiger partial charge in [0.1, 0.15) is 0 Å². The summed E-state index contributed by atoms with van der Waals surface area (Å²) in [6.45, 7) is 7.65. The summed E-state index contributed by atoms with van der Waals surface area (Å²) in [6, 6.07) is 0. The number of aliphatic hydroxyl groups is 1. The Hall–Kier alpha value is -1.18. The molecule has 0 heterocycles. The van der Waals surface area contributed by atoms with Gasteiger partial charge in [-0.05, 0) is 30.9 Å². The minimum atomic E-state index is 0.0608. The van der Waals surface area contributed by atoms with E-state index in [0.717, 1.165) is 0 Å². The van der Waals surface area contributed by atoms with Gasteiger partial charge in [0.25, 0.3) is 0 Å². The van der Waals surface area contributed by atoms with Crippen molar-refractivity contribution in [1.29, 1.82) is 0 Å². The molecule has 2 heteroatoms. The molecular formula is C10H14O2. The molecule has 1 fully saturated rings. The maximum Gasteiger partial charge on any atom is 0.160 e. The van der Waals surface area contributed by atoms with Crippen LogP contribution in [0.5, 0.6) is 0 Å². The van der Waals surface area contributed by atoms with Crippen LogP contribution in [0.15, 0.2) is 36.8 Å². The highest BCUT2D eigenvalue weighted by molar-refractivity contribution is 5.20. The Morgan fingerprint density at radius 3 is 2.50 bits per heavy atom. The van der Waals surface area contributed by atoms with E-state index in [1.54, 1.807) is 0 Å². The van der Waals surface area contributed by atoms with Crippen LogP contribution in [-0.2, 0) is 4.74 Å². The van der Waals surface area contributed by atoms with Crippen molar-refractivity contribution < 1.29 is 9.84 Å². The molecule has 0 saturated heterocycles. The zero-order valence-electron chi connectivity index (χ0n) is 7.12. The van der Waals surface area contributed by atoms with Crippen molar-refractivity contribution in [1.82, 2.24) is 0 Å². The highest BCUT2D eigenvalue weighted by atomic mass is 16.5. The van der Waals surface area contributed by atoms with Crippen LogP contribution in [0.2, 0.25) is 0 Å². The van der Waals surface area contributed by atoms with E-state index in [1.165, 1.54) is 25.0 Å². The largest absolute Gasteiger partial charge is 0.504 e. The fourth-order valence-corrected chi connectivity index (χ4v) is 0.830. The van der Waals surface area contributed by atoms with E-state index in [0.29, 0.717) is 18.3 Å². The molecule has 1 rings (SSSR count). The molecule has 0 amide bonds. The monoisotopic (exact) mass is 166 g/mol. The van der Waals surface area contributed by atoms with Gasteiger partial charge in [-0.1, -0.05) is 13.2 Å². The van der Waals surface area contributed by atoms with Crippen molar-refractivity contribution in [2.75, 3.05) is 6.61 Å². The van der Waals surface area contributed by atoms with Crippen LogP contribution < -0.4 is 0 Å². The fourth-order valence-electron chi connectivity index (χ4n) is 0.830. The number of hydrogen-bond donors (Lipinski definition) is 1. The van der Waals surface area contributed by atoms with E-state index >= 15 is 0 Å². The predicted molar refractivity (Wildman–Crippen MR) is 48.7 cm³/mol. The molecule has 1 saturated carbocycles. The summed E-state index contributed by atoms with van der Waals surface area (Å²) in [5.41, 5.74) is 0. The number of ether oxygens (including phenoxy) is 1. The van der Waals surface area contributed by atoms with Crippen molar-refractivity contribution in [2.24, 2.45) is 5.92 Å². The van der Waals surface area contributed by atoms with Gasteiger partial charge in [-0.15, -0.1) is 0 Å². The Bertz CT molecular complexity index is 212. The fraction of sp³-hybridized carbons (Fsp3) is 0.400. The zero-order chi connectivity index (χ0) is 8.97. The molecule has 1 aliphatic rings. The van der Waals surface area contributed by atoms with E-state index < -0.39 is 0 Å². The molecule has 1 N–H and O–H groups in total. The van der Waals surface area contributed by atoms with E-state index in [-0.39, 0.29) is 5.76 Å². The van der Waals surface area contributed by atoms with E-state index in [9.17, 15) is 5.11 Å². The molecule has 0 aromatic carbocycles. The van der Waals surface area contributed by atoms with Crippen molar-refractivity contribution in [3.63, 3.8) is 0 Å². The van der Waals surface area contributed by atoms with Crippen LogP contribution in [0.3, 0.4) is 0 Å². The van der Waals surface area contributed by atoms with Gasteiger partial charge in [0.2, 0.25) is 0 Å². The maximum atomic E-state index is 9.22. The van der Waals surface area contributed by atoms with Gasteiger partial charge in [0.15, 0.2) is 11.5 Å². The van der Waals surface area contributed by atoms with Crippen LogP contribution in [0, 0.1) is 5.92 Å². The highest BCUT2D eigenvalue weighted by Gasteiger charge is 2.22. The Kier molecular flexibility index (Phi) is 2.97. The van der Waals surface area contributed by atoms with Crippen LogP contribution in [-0.4, -0.2) is 11.7 Å². The lowest BCUT2D eigenvalue weighted by atomic mass is 10.4. The molecule has 0 atom stereocenters. The lowest BCUT2D eigenvalue weighted by Crippen LogP contribution is -1.97. The summed E-state index contributed by atoms with van der Waals surface area (Å²) < 4.78 is 5.31. The van der Waals surface area contributed by atoms with Crippen LogP contribution in [0.1, 0.15) is 12.8 Å². The van der Waals surface area contributed by atoms with Gasteiger partial charge in [-0.2, -0.15) is 0 Å². The first-order valence-corrected chi connectivity index (χ1v) is 4.08. The normalized spacial score (nSPS) is 18.0. The van der Waals surface area contributed by atoms with E-state index in [1.807, 2.05) is 0 Å². The number of allylic oxidation sites excluding steroid dienone is 2. The molecule has 1 aliphatic carbocycles. The summed E-state index contributed by atoms with van der Waals surface area (Å²) in [5.74, 6) is 1.17. The minimum Gasteiger partial charge on any atom is -0.504 e. The van der Waals surface area contributed by atoms with Gasteiger partial charge < -0.3 is 9.84 Å². The van der Waals surface area contributed by atoms with E-state index in [4.69, 9.17) is 4.74 Å². The van der Waals surface area contributed by atoms with Crippen molar-refractivity contribution in [2.45, 2.75) is 12.8 Å². The Morgan fingerprint density at radius 1 is 1.42 bits per heavy atom. The van der Waals surface area contributed by atoms with Gasteiger partial charge in [0, 0.05) is 0 Å². The second kappa shape index (κ2) is 4.00. The third kappa shape index (κ3) is 2.46. The molecule has 0 unspecified atom stereocenters. The molecule has 0 spiro atoms. The predicted octanol–water partition coefficient (Wildman–Crippen LogP) is 2.55. The minimum absolute atomic E-state index is 0.0608. The van der Waals surface area contributed by atoms with Gasteiger partial charge >= 0.3 is 0 Å². The number of aliphatic hydroxyl groups excluding tert-OH is 1. The molecule has 66 valence electrons.